The molecule has 0 saturated carbocycles. The van der Waals surface area contributed by atoms with Gasteiger partial charge in [0.15, 0.2) is 0 Å². The monoisotopic (exact) mass is 57.0 g/mol. The van der Waals surface area contributed by atoms with Crippen LogP contribution in [0.15, 0.2) is 5.82 Å². The molecule has 0 aliphatic carbocycles. The molecule has 0 aromatic carbocycles. The van der Waals surface area contributed by atoms with Crippen LogP contribution in [0.1, 0.15) is 0 Å². The second-order valence-corrected chi connectivity index (χ2v) is 0.500. The molecule has 0 saturated heterocycles. The molecule has 0 bridgehead atoms. The van der Waals surface area contributed by atoms with E-state index in [1.165, 1.54) is 0 Å². The Morgan fingerprint density at radius 1 is 1.50 bits per heavy atom. The van der Waals surface area contributed by atoms with Crippen molar-refractivity contribution in [3.05, 3.63) is 12.4 Å². The topological polar surface area (TPSA) is 52.0 Å². The molecule has 0 heterocycles. The Morgan fingerprint density at radius 2 is 1.50 bits per heavy atom. The Bertz CT molecular complexity index is 27.0. The minimum absolute atomic E-state index is 0.0833. The lowest BCUT2D eigenvalue weighted by molar-refractivity contribution is 1.26. The maximum atomic E-state index is 4.58. The molecular formula is C2H5N2+. The van der Waals surface area contributed by atoms with E-state index >= 15 is 0 Å². The number of nitrogens with two attached hydrogens (primary N) is 2. The van der Waals surface area contributed by atoms with Gasteiger partial charge in [0.05, 0.1) is 0 Å². The van der Waals surface area contributed by atoms with Crippen LogP contribution in [0.4, 0.5) is 0 Å². The van der Waals surface area contributed by atoms with Crippen molar-refractivity contribution in [1.82, 2.24) is 0 Å². The summed E-state index contributed by atoms with van der Waals surface area (Å²) < 4.78 is 0. The summed E-state index contributed by atoms with van der Waals surface area (Å²) in [4.78, 5) is 0. The van der Waals surface area contributed by atoms with E-state index in [1.54, 1.807) is 0 Å². The quantitative estimate of drug-likeness (QED) is 0.357. The van der Waals surface area contributed by atoms with Gasteiger partial charge in [0, 0.05) is 0 Å². The van der Waals surface area contributed by atoms with Gasteiger partial charge in [-0.25, -0.2) is 0 Å². The van der Waals surface area contributed by atoms with Crippen molar-refractivity contribution < 1.29 is 0 Å². The standard InChI is InChI=1S/C2H5N2/c1-2(3)4/h1H,3-4H2/q+1. The third-order valence-corrected chi connectivity index (χ3v) is 0. The van der Waals surface area contributed by atoms with Crippen molar-refractivity contribution in [3.8, 4) is 0 Å². The summed E-state index contributed by atoms with van der Waals surface area (Å²) in [5.74, 6) is -0.0833. The highest BCUT2D eigenvalue weighted by molar-refractivity contribution is 4.69. The Morgan fingerprint density at radius 3 is 1.50 bits per heavy atom. The summed E-state index contributed by atoms with van der Waals surface area (Å²) in [6.07, 6.45) is 0. The van der Waals surface area contributed by atoms with Crippen molar-refractivity contribution in [3.63, 3.8) is 0 Å². The fraction of sp³-hybridized carbons (Fsp3) is 0. The highest BCUT2D eigenvalue weighted by atomic mass is 14.8. The minimum atomic E-state index is -0.0833. The predicted molar refractivity (Wildman–Crippen MR) is 16.2 cm³/mol. The molecule has 0 atom stereocenters. The molecule has 4 heavy (non-hydrogen) atoms. The average molecular weight is 57.1 g/mol. The van der Waals surface area contributed by atoms with Crippen molar-refractivity contribution >= 4 is 0 Å². The predicted octanol–water partition coefficient (Wildman–Crippen LogP) is -0.822. The molecule has 0 spiro atoms. The first-order valence-corrected chi connectivity index (χ1v) is 0.866. The number of hydrogen-bond donors (Lipinski definition) is 2. The smallest absolute Gasteiger partial charge is 0.341 e. The zero-order valence-electron chi connectivity index (χ0n) is 2.23. The number of rotatable bonds is 0. The summed E-state index contributed by atoms with van der Waals surface area (Å²) in [7, 11) is 0. The second kappa shape index (κ2) is 0.694. The van der Waals surface area contributed by atoms with Crippen LogP contribution in [0.2, 0.25) is 0 Å². The van der Waals surface area contributed by atoms with E-state index in [0.29, 0.717) is 0 Å². The van der Waals surface area contributed by atoms with E-state index < -0.39 is 0 Å². The van der Waals surface area contributed by atoms with Gasteiger partial charge in [0.1, 0.15) is 0 Å². The van der Waals surface area contributed by atoms with E-state index in [-0.39, 0.29) is 5.82 Å². The first-order valence-electron chi connectivity index (χ1n) is 0.866. The summed E-state index contributed by atoms with van der Waals surface area (Å²) in [5.41, 5.74) is 9.17. The van der Waals surface area contributed by atoms with E-state index in [1.807, 2.05) is 0 Å². The Labute approximate surface area is 25.1 Å². The van der Waals surface area contributed by atoms with Gasteiger partial charge in [-0.3, -0.25) is 0 Å². The highest BCUT2D eigenvalue weighted by Gasteiger charge is 1.68. The summed E-state index contributed by atoms with van der Waals surface area (Å²) in [5, 5.41) is 0. The van der Waals surface area contributed by atoms with Crippen LogP contribution in [-0.2, 0) is 0 Å². The summed E-state index contributed by atoms with van der Waals surface area (Å²) >= 11 is 0. The van der Waals surface area contributed by atoms with Crippen molar-refractivity contribution in [1.29, 1.82) is 0 Å². The van der Waals surface area contributed by atoms with Crippen molar-refractivity contribution in [2.45, 2.75) is 0 Å². The first-order chi connectivity index (χ1) is 1.73. The van der Waals surface area contributed by atoms with Crippen molar-refractivity contribution in [2.75, 3.05) is 0 Å². The van der Waals surface area contributed by atoms with Gasteiger partial charge in [-0.2, -0.15) is 0 Å². The van der Waals surface area contributed by atoms with Gasteiger partial charge in [-0.1, -0.05) is 0 Å². The van der Waals surface area contributed by atoms with Crippen LogP contribution in [0.5, 0.6) is 0 Å². The number of hydrogen-bond acceptors (Lipinski definition) is 2. The molecule has 0 fully saturated rings. The molecule has 0 rings (SSSR count). The van der Waals surface area contributed by atoms with Crippen LogP contribution >= 0.6 is 0 Å². The van der Waals surface area contributed by atoms with E-state index in [9.17, 15) is 0 Å². The zero-order chi connectivity index (χ0) is 3.58. The highest BCUT2D eigenvalue weighted by Crippen LogP contribution is 1.38. The maximum absolute atomic E-state index is 4.58. The van der Waals surface area contributed by atoms with Gasteiger partial charge in [-0.05, 0) is 0 Å². The van der Waals surface area contributed by atoms with E-state index in [0.717, 1.165) is 0 Å². The van der Waals surface area contributed by atoms with Crippen LogP contribution in [0.3, 0.4) is 0 Å². The molecule has 22 valence electrons. The lowest BCUT2D eigenvalue weighted by atomic mass is 10.9. The maximum Gasteiger partial charge on any atom is 0.341 e. The SMILES string of the molecule is [CH+]=C(N)N. The summed E-state index contributed by atoms with van der Waals surface area (Å²) in [6.45, 7) is 4.58. The molecule has 2 heteroatoms. The Kier molecular flexibility index (Phi) is 0.564. The average Bonchev–Trinajstić information content (AvgIpc) is 0.811. The minimum Gasteiger partial charge on any atom is -0.341 e. The van der Waals surface area contributed by atoms with E-state index in [2.05, 4.69) is 18.0 Å². The lowest BCUT2D eigenvalue weighted by Gasteiger charge is -1.57. The van der Waals surface area contributed by atoms with Gasteiger partial charge in [0.25, 0.3) is 6.58 Å². The molecule has 0 aliphatic heterocycles. The van der Waals surface area contributed by atoms with Crippen molar-refractivity contribution in [2.24, 2.45) is 11.5 Å². The third-order valence-electron chi connectivity index (χ3n) is 0. The van der Waals surface area contributed by atoms with Crippen LogP contribution < -0.4 is 11.5 Å². The van der Waals surface area contributed by atoms with Crippen LogP contribution in [-0.4, -0.2) is 0 Å². The van der Waals surface area contributed by atoms with E-state index in [4.69, 9.17) is 0 Å². The third kappa shape index (κ3) is 0.139. The largest absolute Gasteiger partial charge is 0.341 e. The van der Waals surface area contributed by atoms with Gasteiger partial charge in [0.2, 0.25) is 0 Å². The van der Waals surface area contributed by atoms with Gasteiger partial charge >= 0.3 is 5.82 Å². The van der Waals surface area contributed by atoms with Crippen LogP contribution in [0, 0.1) is 6.58 Å². The molecule has 0 aromatic heterocycles. The summed E-state index contributed by atoms with van der Waals surface area (Å²) in [6, 6.07) is 0. The molecule has 0 aromatic rings. The first kappa shape index (κ1) is 3.25. The molecule has 4 N–H and O–H groups in total. The fourth-order valence-electron chi connectivity index (χ4n) is 0. The van der Waals surface area contributed by atoms with Gasteiger partial charge < -0.3 is 11.5 Å². The van der Waals surface area contributed by atoms with Crippen LogP contribution in [0.25, 0.3) is 0 Å². The molecule has 0 unspecified atom stereocenters. The Hall–Kier alpha value is -0.750. The normalized spacial score (nSPS) is 5.75. The molecule has 0 radical (unpaired) electrons. The molecule has 2 nitrogen and oxygen atoms in total. The second-order valence-electron chi connectivity index (χ2n) is 0.500. The zero-order valence-corrected chi connectivity index (χ0v) is 2.23. The van der Waals surface area contributed by atoms with Gasteiger partial charge in [-0.15, -0.1) is 0 Å². The molecular weight excluding hydrogens is 52.0 g/mol. The molecule has 0 amide bonds. The molecule has 0 aliphatic rings. The lowest BCUT2D eigenvalue weighted by Crippen LogP contribution is -2.04. The Balaban J connectivity index is 2.80. The fourth-order valence-corrected chi connectivity index (χ4v) is 0.